The highest BCUT2D eigenvalue weighted by molar-refractivity contribution is 7.89. The molecule has 0 aromatic carbocycles. The maximum Gasteiger partial charge on any atom is 0.334 e. The van der Waals surface area contributed by atoms with E-state index in [0.29, 0.717) is 11.0 Å². The fraction of sp³-hybridized carbons (Fsp3) is 0.417. The Labute approximate surface area is 126 Å². The molecule has 2 aromatic rings. The van der Waals surface area contributed by atoms with Crippen molar-refractivity contribution < 1.29 is 23.1 Å². The number of morpholine rings is 1. The average Bonchev–Trinajstić information content (AvgIpc) is 2.88. The minimum Gasteiger partial charge on any atom is -0.479 e. The van der Waals surface area contributed by atoms with Gasteiger partial charge in [-0.1, -0.05) is 0 Å². The highest BCUT2D eigenvalue weighted by atomic mass is 32.2. The summed E-state index contributed by atoms with van der Waals surface area (Å²) in [6.45, 7) is -0.0707. The monoisotopic (exact) mass is 326 g/mol. The van der Waals surface area contributed by atoms with E-state index in [-0.39, 0.29) is 24.6 Å². The largest absolute Gasteiger partial charge is 0.479 e. The van der Waals surface area contributed by atoms with Gasteiger partial charge in [0.05, 0.1) is 19.3 Å². The molecule has 0 aliphatic carbocycles. The van der Waals surface area contributed by atoms with Crippen LogP contribution in [0.25, 0.3) is 11.0 Å². The maximum atomic E-state index is 12.6. The van der Waals surface area contributed by atoms with Crippen LogP contribution in [0.15, 0.2) is 23.4 Å². The summed E-state index contributed by atoms with van der Waals surface area (Å²) in [4.78, 5) is 15.1. The zero-order valence-corrected chi connectivity index (χ0v) is 12.5. The molecule has 0 spiro atoms. The molecule has 1 unspecified atom stereocenters. The normalized spacial score (nSPS) is 20.3. The van der Waals surface area contributed by atoms with Crippen LogP contribution in [0.4, 0.5) is 0 Å². The van der Waals surface area contributed by atoms with Gasteiger partial charge in [-0.25, -0.2) is 18.2 Å². The number of pyridine rings is 1. The first kappa shape index (κ1) is 14.9. The van der Waals surface area contributed by atoms with E-state index in [0.717, 1.165) is 4.31 Å². The molecule has 1 aliphatic rings. The number of aryl methyl sites for hydroxylation is 1. The summed E-state index contributed by atoms with van der Waals surface area (Å²) in [5, 5.41) is 13.6. The van der Waals surface area contributed by atoms with Gasteiger partial charge in [0.2, 0.25) is 10.0 Å². The number of carboxylic acids is 1. The van der Waals surface area contributed by atoms with E-state index in [2.05, 4.69) is 10.1 Å². The van der Waals surface area contributed by atoms with Crippen molar-refractivity contribution in [2.24, 2.45) is 7.05 Å². The van der Waals surface area contributed by atoms with E-state index in [4.69, 9.17) is 9.84 Å². The van der Waals surface area contributed by atoms with Crippen molar-refractivity contribution in [3.8, 4) is 0 Å². The van der Waals surface area contributed by atoms with Crippen LogP contribution < -0.4 is 0 Å². The summed E-state index contributed by atoms with van der Waals surface area (Å²) in [6.07, 6.45) is 1.63. The van der Waals surface area contributed by atoms with Crippen LogP contribution in [-0.4, -0.2) is 64.4 Å². The SMILES string of the molecule is Cn1ncc2cc(S(=O)(=O)N3CCOC(C(=O)O)C3)cnc21. The number of aliphatic carboxylic acids is 1. The Morgan fingerprint density at radius 2 is 2.23 bits per heavy atom. The fourth-order valence-corrected chi connectivity index (χ4v) is 3.71. The van der Waals surface area contributed by atoms with Gasteiger partial charge in [0, 0.05) is 25.2 Å². The van der Waals surface area contributed by atoms with Crippen LogP contribution in [-0.2, 0) is 26.6 Å². The van der Waals surface area contributed by atoms with E-state index in [1.807, 2.05) is 0 Å². The molecule has 2 aromatic heterocycles. The van der Waals surface area contributed by atoms with Gasteiger partial charge in [0.25, 0.3) is 0 Å². The molecule has 0 amide bonds. The van der Waals surface area contributed by atoms with E-state index in [1.165, 1.54) is 18.5 Å². The summed E-state index contributed by atoms with van der Waals surface area (Å²) in [7, 11) is -2.11. The number of aromatic nitrogens is 3. The zero-order chi connectivity index (χ0) is 15.9. The highest BCUT2D eigenvalue weighted by Crippen LogP contribution is 2.21. The number of ether oxygens (including phenoxy) is 1. The van der Waals surface area contributed by atoms with Gasteiger partial charge in [0.1, 0.15) is 4.90 Å². The van der Waals surface area contributed by atoms with Crippen molar-refractivity contribution in [2.75, 3.05) is 19.7 Å². The lowest BCUT2D eigenvalue weighted by atomic mass is 10.3. The number of sulfonamides is 1. The van der Waals surface area contributed by atoms with Crippen LogP contribution in [0.3, 0.4) is 0 Å². The smallest absolute Gasteiger partial charge is 0.334 e. The zero-order valence-electron chi connectivity index (χ0n) is 11.7. The standard InChI is InChI=1S/C12H14N4O5S/c1-15-11-8(5-14-15)4-9(6-13-11)22(19,20)16-2-3-21-10(7-16)12(17)18/h4-6,10H,2-3,7H2,1H3,(H,17,18). The van der Waals surface area contributed by atoms with Gasteiger partial charge in [-0.15, -0.1) is 0 Å². The average molecular weight is 326 g/mol. The van der Waals surface area contributed by atoms with E-state index < -0.39 is 22.1 Å². The molecule has 1 saturated heterocycles. The molecule has 1 aliphatic heterocycles. The molecule has 3 heterocycles. The topological polar surface area (TPSA) is 115 Å². The molecule has 22 heavy (non-hydrogen) atoms. The predicted molar refractivity (Wildman–Crippen MR) is 74.6 cm³/mol. The van der Waals surface area contributed by atoms with Crippen molar-refractivity contribution >= 4 is 27.0 Å². The number of carbonyl (C=O) groups is 1. The third-order valence-electron chi connectivity index (χ3n) is 3.49. The number of rotatable bonds is 3. The van der Waals surface area contributed by atoms with Crippen LogP contribution >= 0.6 is 0 Å². The summed E-state index contributed by atoms with van der Waals surface area (Å²) in [5.41, 5.74) is 0.573. The lowest BCUT2D eigenvalue weighted by Crippen LogP contribution is -2.48. The van der Waals surface area contributed by atoms with Gasteiger partial charge in [-0.05, 0) is 6.07 Å². The number of hydrogen-bond donors (Lipinski definition) is 1. The Morgan fingerprint density at radius 3 is 2.95 bits per heavy atom. The van der Waals surface area contributed by atoms with Gasteiger partial charge < -0.3 is 9.84 Å². The van der Waals surface area contributed by atoms with Crippen molar-refractivity contribution in [2.45, 2.75) is 11.0 Å². The first-order chi connectivity index (χ1) is 10.4. The van der Waals surface area contributed by atoms with Crippen LogP contribution in [0, 0.1) is 0 Å². The molecule has 0 radical (unpaired) electrons. The van der Waals surface area contributed by atoms with Gasteiger partial charge in [0.15, 0.2) is 11.8 Å². The predicted octanol–water partition coefficient (Wildman–Crippen LogP) is -0.558. The maximum absolute atomic E-state index is 12.6. The minimum atomic E-state index is -3.82. The van der Waals surface area contributed by atoms with E-state index in [1.54, 1.807) is 11.7 Å². The summed E-state index contributed by atoms with van der Waals surface area (Å²) < 4.78 is 32.9. The van der Waals surface area contributed by atoms with Crippen molar-refractivity contribution in [1.82, 2.24) is 19.1 Å². The van der Waals surface area contributed by atoms with Gasteiger partial charge in [-0.3, -0.25) is 4.68 Å². The fourth-order valence-electron chi connectivity index (χ4n) is 2.31. The molecule has 10 heteroatoms. The lowest BCUT2D eigenvalue weighted by Gasteiger charge is -2.29. The third kappa shape index (κ3) is 2.45. The Bertz CT molecular complexity index is 831. The first-order valence-corrected chi connectivity index (χ1v) is 7.96. The molecule has 118 valence electrons. The Hall–Kier alpha value is -2.04. The molecular weight excluding hydrogens is 312 g/mol. The first-order valence-electron chi connectivity index (χ1n) is 6.52. The third-order valence-corrected chi connectivity index (χ3v) is 5.32. The minimum absolute atomic E-state index is 0.0130. The molecule has 1 N–H and O–H groups in total. The Kier molecular flexibility index (Phi) is 3.59. The quantitative estimate of drug-likeness (QED) is 0.804. The van der Waals surface area contributed by atoms with Crippen molar-refractivity contribution in [1.29, 1.82) is 0 Å². The summed E-state index contributed by atoms with van der Waals surface area (Å²) in [5.74, 6) is -1.18. The van der Waals surface area contributed by atoms with Gasteiger partial charge in [-0.2, -0.15) is 9.40 Å². The van der Waals surface area contributed by atoms with E-state index in [9.17, 15) is 13.2 Å². The number of nitrogens with zero attached hydrogens (tertiary/aromatic N) is 4. The molecule has 1 fully saturated rings. The second-order valence-electron chi connectivity index (χ2n) is 4.91. The van der Waals surface area contributed by atoms with Crippen molar-refractivity contribution in [3.05, 3.63) is 18.5 Å². The molecule has 0 bridgehead atoms. The molecule has 0 saturated carbocycles. The molecule has 1 atom stereocenters. The lowest BCUT2D eigenvalue weighted by molar-refractivity contribution is -0.153. The van der Waals surface area contributed by atoms with Crippen LogP contribution in [0.2, 0.25) is 0 Å². The molecule has 9 nitrogen and oxygen atoms in total. The Balaban J connectivity index is 1.95. The van der Waals surface area contributed by atoms with Gasteiger partial charge >= 0.3 is 5.97 Å². The van der Waals surface area contributed by atoms with Crippen LogP contribution in [0.5, 0.6) is 0 Å². The van der Waals surface area contributed by atoms with Crippen molar-refractivity contribution in [3.63, 3.8) is 0 Å². The summed E-state index contributed by atoms with van der Waals surface area (Å²) >= 11 is 0. The Morgan fingerprint density at radius 1 is 1.45 bits per heavy atom. The van der Waals surface area contributed by atoms with Crippen LogP contribution in [0.1, 0.15) is 0 Å². The number of carboxylic acid groups (broad SMARTS) is 1. The second kappa shape index (κ2) is 5.30. The van der Waals surface area contributed by atoms with E-state index >= 15 is 0 Å². The number of fused-ring (bicyclic) bond motifs is 1. The highest BCUT2D eigenvalue weighted by Gasteiger charge is 2.34. The second-order valence-corrected chi connectivity index (χ2v) is 6.85. The number of hydrogen-bond acceptors (Lipinski definition) is 6. The molecular formula is C12H14N4O5S. The molecule has 3 rings (SSSR count). The summed E-state index contributed by atoms with van der Waals surface area (Å²) in [6, 6.07) is 1.48.